The monoisotopic (exact) mass is 1040 g/mol. The number of ether oxygens (including phenoxy) is 3. The fraction of sp³-hybridized carbons (Fsp3) is 0.467. The van der Waals surface area contributed by atoms with Crippen LogP contribution in [0.2, 0.25) is 0 Å². The van der Waals surface area contributed by atoms with Gasteiger partial charge in [0.15, 0.2) is 5.75 Å². The average molecular weight is 1040 g/mol. The number of allylic oxidation sites excluding steroid dienone is 3. The lowest BCUT2D eigenvalue weighted by atomic mass is 9.88. The van der Waals surface area contributed by atoms with E-state index in [1.165, 1.54) is 24.8 Å². The van der Waals surface area contributed by atoms with Crippen LogP contribution in [0.4, 0.5) is 5.69 Å². The van der Waals surface area contributed by atoms with E-state index in [9.17, 15) is 39.6 Å². The highest BCUT2D eigenvalue weighted by Gasteiger charge is 2.50. The molecular formula is C60H71N5O11. The topological polar surface area (TPSA) is 220 Å². The number of nitrogens with zero attached hydrogens (tertiary/aromatic N) is 4. The first kappa shape index (κ1) is 53.9. The number of aromatic hydroxyl groups is 2. The van der Waals surface area contributed by atoms with Crippen LogP contribution in [-0.4, -0.2) is 116 Å². The van der Waals surface area contributed by atoms with E-state index < -0.39 is 65.5 Å². The number of rotatable bonds is 7. The van der Waals surface area contributed by atoms with Gasteiger partial charge < -0.3 is 49.8 Å². The van der Waals surface area contributed by atoms with E-state index in [1.54, 1.807) is 43.9 Å². The maximum atomic E-state index is 14.8. The summed E-state index contributed by atoms with van der Waals surface area (Å²) in [5.74, 6) is -4.86. The summed E-state index contributed by atoms with van der Waals surface area (Å²) in [4.78, 5) is 69.4. The van der Waals surface area contributed by atoms with E-state index in [1.807, 2.05) is 18.2 Å². The Morgan fingerprint density at radius 2 is 1.59 bits per heavy atom. The largest absolute Gasteiger partial charge is 0.507 e. The van der Waals surface area contributed by atoms with Crippen LogP contribution in [-0.2, 0) is 23.9 Å². The number of likely N-dealkylation sites (tertiary alicyclic amines) is 2. The van der Waals surface area contributed by atoms with Crippen LogP contribution in [0.15, 0.2) is 101 Å². The van der Waals surface area contributed by atoms with Crippen LogP contribution < -0.4 is 20.8 Å². The van der Waals surface area contributed by atoms with Crippen molar-refractivity contribution in [3.05, 3.63) is 118 Å². The minimum Gasteiger partial charge on any atom is -0.507 e. The molecule has 2 fully saturated rings. The summed E-state index contributed by atoms with van der Waals surface area (Å²) in [5.41, 5.74) is 3.38. The maximum Gasteiger partial charge on any atom is 0.315 e. The lowest BCUT2D eigenvalue weighted by molar-refractivity contribution is -0.155. The summed E-state index contributed by atoms with van der Waals surface area (Å²) in [5, 5.41) is 50.2. The third-order valence-electron chi connectivity index (χ3n) is 15.7. The highest BCUT2D eigenvalue weighted by molar-refractivity contribution is 6.21. The Balaban J connectivity index is 0.947. The first-order valence-electron chi connectivity index (χ1n) is 26.8. The second-order valence-electron chi connectivity index (χ2n) is 21.9. The van der Waals surface area contributed by atoms with Crippen molar-refractivity contribution in [2.45, 2.75) is 135 Å². The zero-order valence-corrected chi connectivity index (χ0v) is 44.4. The van der Waals surface area contributed by atoms with Crippen LogP contribution in [0.25, 0.3) is 21.9 Å². The van der Waals surface area contributed by atoms with E-state index in [4.69, 9.17) is 19.2 Å². The van der Waals surface area contributed by atoms with Crippen molar-refractivity contribution in [2.75, 3.05) is 38.0 Å². The minimum absolute atomic E-state index is 0.0353. The van der Waals surface area contributed by atoms with Crippen LogP contribution >= 0.6 is 0 Å². The Hall–Kier alpha value is -6.88. The van der Waals surface area contributed by atoms with E-state index in [0.29, 0.717) is 37.5 Å². The molecule has 4 aromatic rings. The van der Waals surface area contributed by atoms with Gasteiger partial charge >= 0.3 is 11.8 Å². The molecule has 10 rings (SSSR count). The van der Waals surface area contributed by atoms with Crippen LogP contribution in [0.5, 0.6) is 17.2 Å². The number of hydrogen-bond donors (Lipinski definition) is 5. The standard InChI is InChI=1S/C60H71N5O11/c1-35(2)34-64-28-24-60(25-29-64)62-51-48-49-54(70)38(5)56-50(48)57(72)59(6,76-56)74-30-11-10-17-44(31-43(66)32-45(67)36(3)13-12-14-37(4)58(73)61-53(55(49)71)52(51)63-60)75-47(69)33-46(68)65-26-22-42(23-27-65)41-20-18-40(19-21-41)39-15-8-7-9-16-39/h7-9,11-16,18-21,30,35-36,42-45,62,66-67,70-71H,10,17,22-29,31-34H2,1-6H3/b13-12+,30-11+,37-14-,61-53?/t36?,43?,44-,45-,59?/m1/s1. The molecule has 0 aliphatic carbocycles. The SMILES string of the molecule is C/C1=C/C=C/C(C)[C@H](O)CC(O)C[C@H](OC(=O)CC(=O)N2CCC(c3ccc(-c4ccccc4)cc3)CC2)CC/C=C/OC2(C)Oc3c(C)c(O)c4c(O)c(c5c(c4c3C2=O)NC2(CCN(CC(C)C)CC2)N=5)=NC1=O. The number of hydrogen-bond acceptors (Lipinski definition) is 14. The first-order chi connectivity index (χ1) is 36.3. The van der Waals surface area contributed by atoms with Gasteiger partial charge in [-0.25, -0.2) is 4.99 Å². The molecule has 4 aromatic carbocycles. The molecule has 1 spiro atoms. The number of esters is 1. The van der Waals surface area contributed by atoms with Crippen molar-refractivity contribution in [3.63, 3.8) is 0 Å². The zero-order valence-electron chi connectivity index (χ0n) is 44.4. The van der Waals surface area contributed by atoms with Gasteiger partial charge in [0.25, 0.3) is 11.7 Å². The normalized spacial score (nSPS) is 26.0. The molecule has 3 unspecified atom stereocenters. The summed E-state index contributed by atoms with van der Waals surface area (Å²) in [7, 11) is 0. The third-order valence-corrected chi connectivity index (χ3v) is 15.7. The number of piperidine rings is 2. The quantitative estimate of drug-likeness (QED) is 0.0678. The van der Waals surface area contributed by atoms with Gasteiger partial charge in [0.2, 0.25) is 5.91 Å². The van der Waals surface area contributed by atoms with Gasteiger partial charge in [0, 0.05) is 81.4 Å². The fourth-order valence-corrected chi connectivity index (χ4v) is 11.3. The second-order valence-corrected chi connectivity index (χ2v) is 21.9. The minimum atomic E-state index is -1.93. The lowest BCUT2D eigenvalue weighted by Gasteiger charge is -2.38. The Morgan fingerprint density at radius 3 is 2.29 bits per heavy atom. The predicted octanol–water partition coefficient (Wildman–Crippen LogP) is 7.83. The van der Waals surface area contributed by atoms with Crippen LogP contribution in [0.1, 0.15) is 120 Å². The fourth-order valence-electron chi connectivity index (χ4n) is 11.3. The molecule has 76 heavy (non-hydrogen) atoms. The molecule has 5 N–H and O–H groups in total. The number of anilines is 1. The highest BCUT2D eigenvalue weighted by Crippen LogP contribution is 2.51. The Morgan fingerprint density at radius 1 is 0.895 bits per heavy atom. The summed E-state index contributed by atoms with van der Waals surface area (Å²) in [6, 6.07) is 18.7. The molecule has 16 heteroatoms. The zero-order chi connectivity index (χ0) is 54.1. The predicted molar refractivity (Wildman–Crippen MR) is 287 cm³/mol. The average Bonchev–Trinajstić information content (AvgIpc) is 3.91. The van der Waals surface area contributed by atoms with Crippen LogP contribution in [0, 0.1) is 18.8 Å². The maximum absolute atomic E-state index is 14.8. The molecule has 5 atom stereocenters. The van der Waals surface area contributed by atoms with E-state index in [-0.39, 0.29) is 87.2 Å². The number of carbonyl (C=O) groups is 4. The number of Topliss-reactive ketones (excluding diaryl/α,β-unsaturated/α-hetero) is 1. The van der Waals surface area contributed by atoms with E-state index >= 15 is 0 Å². The van der Waals surface area contributed by atoms with Crippen molar-refractivity contribution in [1.29, 1.82) is 0 Å². The summed E-state index contributed by atoms with van der Waals surface area (Å²) in [6.45, 7) is 14.0. The highest BCUT2D eigenvalue weighted by atomic mass is 16.7. The molecule has 2 saturated heterocycles. The molecule has 0 radical (unpaired) electrons. The van der Waals surface area contributed by atoms with Gasteiger partial charge in [-0.1, -0.05) is 93.6 Å². The summed E-state index contributed by atoms with van der Waals surface area (Å²) >= 11 is 0. The van der Waals surface area contributed by atoms with Crippen molar-refractivity contribution < 1.29 is 53.8 Å². The van der Waals surface area contributed by atoms with Gasteiger partial charge in [0.05, 0.1) is 35.1 Å². The number of phenolic OH excluding ortho intramolecular Hbond substituents is 2. The Labute approximate surface area is 443 Å². The van der Waals surface area contributed by atoms with Crippen LogP contribution in [0.3, 0.4) is 0 Å². The van der Waals surface area contributed by atoms with Crippen molar-refractivity contribution in [3.8, 4) is 28.4 Å². The van der Waals surface area contributed by atoms with E-state index in [0.717, 1.165) is 43.6 Å². The molecule has 0 saturated carbocycles. The molecule has 6 aliphatic rings. The lowest BCUT2D eigenvalue weighted by Crippen LogP contribution is -2.47. The smallest absolute Gasteiger partial charge is 0.315 e. The van der Waals surface area contributed by atoms with Gasteiger partial charge in [-0.05, 0) is 80.6 Å². The number of aliphatic hydroxyl groups is 2. The number of fused-ring (bicyclic) bond motifs is 13. The van der Waals surface area contributed by atoms with Gasteiger partial charge in [-0.15, -0.1) is 0 Å². The molecule has 6 aliphatic heterocycles. The number of nitrogens with one attached hydrogen (secondary N) is 1. The molecule has 0 aromatic heterocycles. The first-order valence-corrected chi connectivity index (χ1v) is 26.8. The third kappa shape index (κ3) is 11.3. The summed E-state index contributed by atoms with van der Waals surface area (Å²) < 4.78 is 18.3. The number of amides is 2. The van der Waals surface area contributed by atoms with Crippen molar-refractivity contribution >= 4 is 40.0 Å². The van der Waals surface area contributed by atoms with Crippen molar-refractivity contribution in [2.24, 2.45) is 21.8 Å². The van der Waals surface area contributed by atoms with E-state index in [2.05, 4.69) is 65.5 Å². The molecule has 5 bridgehead atoms. The molecule has 16 nitrogen and oxygen atoms in total. The van der Waals surface area contributed by atoms with Gasteiger partial charge in [-0.2, -0.15) is 0 Å². The number of carbonyl (C=O) groups excluding carboxylic acids is 4. The second kappa shape index (κ2) is 22.4. The van der Waals surface area contributed by atoms with Gasteiger partial charge in [0.1, 0.15) is 40.4 Å². The molecule has 6 heterocycles. The van der Waals surface area contributed by atoms with Crippen molar-refractivity contribution in [1.82, 2.24) is 9.80 Å². The van der Waals surface area contributed by atoms with Gasteiger partial charge in [-0.3, -0.25) is 24.2 Å². The number of aliphatic hydroxyl groups excluding tert-OH is 2. The Bertz CT molecular complexity index is 3100. The number of phenols is 2. The number of benzene rings is 4. The molecular weight excluding hydrogens is 967 g/mol. The molecule has 2 amide bonds. The number of ketones is 1. The Kier molecular flexibility index (Phi) is 15.9. The molecule has 402 valence electrons. The summed E-state index contributed by atoms with van der Waals surface area (Å²) in [6.07, 6.45) is 7.34.